The van der Waals surface area contributed by atoms with Crippen molar-refractivity contribution >= 4 is 5.91 Å². The zero-order valence-electron chi connectivity index (χ0n) is 18.8. The predicted molar refractivity (Wildman–Crippen MR) is 121 cm³/mol. The number of nitrogens with zero attached hydrogens (tertiary/aromatic N) is 2. The maximum Gasteiger partial charge on any atom is 0.387 e. The number of carbonyl (C=O) groups is 1. The monoisotopic (exact) mass is 456 g/mol. The average molecular weight is 456 g/mol. The molecule has 0 aliphatic heterocycles. The van der Waals surface area contributed by atoms with Crippen LogP contribution in [0.15, 0.2) is 65.6 Å². The number of alkyl halides is 2. The van der Waals surface area contributed by atoms with Gasteiger partial charge < -0.3 is 18.9 Å². The minimum Gasteiger partial charge on any atom is -0.490 e. The van der Waals surface area contributed by atoms with Crippen molar-refractivity contribution < 1.29 is 23.0 Å². The highest BCUT2D eigenvalue weighted by Gasteiger charge is 2.18. The molecule has 0 spiro atoms. The molecule has 1 aromatic heterocycles. The SMILES string of the molecule is CCOc1cc(CN(C)C(=O)c2cccn(Cc3cccc(C)c3)c2=O)ccc1OC(F)F. The number of ether oxygens (including phenoxy) is 2. The summed E-state index contributed by atoms with van der Waals surface area (Å²) in [5.74, 6) is -0.354. The van der Waals surface area contributed by atoms with Crippen LogP contribution in [0.3, 0.4) is 0 Å². The Morgan fingerprint density at radius 2 is 1.85 bits per heavy atom. The van der Waals surface area contributed by atoms with Gasteiger partial charge in [0.1, 0.15) is 5.56 Å². The molecule has 33 heavy (non-hydrogen) atoms. The minimum atomic E-state index is -2.97. The molecule has 0 radical (unpaired) electrons. The Kier molecular flexibility index (Phi) is 7.82. The Hall–Kier alpha value is -3.68. The van der Waals surface area contributed by atoms with Gasteiger partial charge in [-0.2, -0.15) is 8.78 Å². The van der Waals surface area contributed by atoms with Crippen molar-refractivity contribution in [1.29, 1.82) is 0 Å². The van der Waals surface area contributed by atoms with Crippen LogP contribution in [0, 0.1) is 6.92 Å². The Bertz CT molecular complexity index is 1180. The number of amides is 1. The number of rotatable bonds is 9. The molecule has 6 nitrogen and oxygen atoms in total. The third kappa shape index (κ3) is 6.19. The van der Waals surface area contributed by atoms with E-state index < -0.39 is 12.5 Å². The Morgan fingerprint density at radius 3 is 2.55 bits per heavy atom. The highest BCUT2D eigenvalue weighted by Crippen LogP contribution is 2.30. The first kappa shape index (κ1) is 24.0. The maximum atomic E-state index is 13.0. The summed E-state index contributed by atoms with van der Waals surface area (Å²) in [6.45, 7) is 1.51. The van der Waals surface area contributed by atoms with Gasteiger partial charge in [-0.25, -0.2) is 0 Å². The molecule has 1 heterocycles. The van der Waals surface area contributed by atoms with E-state index in [1.165, 1.54) is 21.6 Å². The van der Waals surface area contributed by atoms with E-state index in [4.69, 9.17) is 4.74 Å². The van der Waals surface area contributed by atoms with E-state index in [0.29, 0.717) is 12.1 Å². The lowest BCUT2D eigenvalue weighted by atomic mass is 10.1. The van der Waals surface area contributed by atoms with Crippen LogP contribution in [-0.2, 0) is 13.1 Å². The van der Waals surface area contributed by atoms with Gasteiger partial charge in [-0.05, 0) is 49.2 Å². The smallest absolute Gasteiger partial charge is 0.387 e. The van der Waals surface area contributed by atoms with E-state index in [0.717, 1.165) is 11.1 Å². The van der Waals surface area contributed by atoms with Crippen molar-refractivity contribution in [3.8, 4) is 11.5 Å². The Morgan fingerprint density at radius 1 is 1.06 bits per heavy atom. The van der Waals surface area contributed by atoms with E-state index in [1.54, 1.807) is 38.4 Å². The highest BCUT2D eigenvalue weighted by atomic mass is 19.3. The molecule has 0 atom stereocenters. The number of hydrogen-bond donors (Lipinski definition) is 0. The van der Waals surface area contributed by atoms with Gasteiger partial charge >= 0.3 is 6.61 Å². The van der Waals surface area contributed by atoms with Crippen LogP contribution in [-0.4, -0.2) is 35.6 Å². The van der Waals surface area contributed by atoms with Gasteiger partial charge in [0.05, 0.1) is 13.2 Å². The van der Waals surface area contributed by atoms with Crippen LogP contribution in [0.2, 0.25) is 0 Å². The standard InChI is InChI=1S/C25H26F2N2O4/c1-4-32-22-14-19(10-11-21(22)33-25(26)27)15-28(3)23(30)20-9-6-12-29(24(20)31)16-18-8-5-7-17(2)13-18/h5-14,25H,4,15-16H2,1-3H3. The number of benzene rings is 2. The molecule has 0 fully saturated rings. The van der Waals surface area contributed by atoms with Gasteiger partial charge in [-0.1, -0.05) is 35.9 Å². The molecule has 3 aromatic rings. The first-order valence-corrected chi connectivity index (χ1v) is 10.5. The van der Waals surface area contributed by atoms with Crippen LogP contribution in [0.5, 0.6) is 11.5 Å². The van der Waals surface area contributed by atoms with Crippen LogP contribution in [0.4, 0.5) is 8.78 Å². The molecule has 0 saturated heterocycles. The molecular formula is C25H26F2N2O4. The lowest BCUT2D eigenvalue weighted by Crippen LogP contribution is -2.34. The number of aryl methyl sites for hydroxylation is 1. The zero-order chi connectivity index (χ0) is 24.0. The van der Waals surface area contributed by atoms with Crippen molar-refractivity contribution in [3.05, 3.63) is 93.4 Å². The topological polar surface area (TPSA) is 60.8 Å². The maximum absolute atomic E-state index is 13.0. The number of pyridine rings is 1. The molecule has 0 N–H and O–H groups in total. The summed E-state index contributed by atoms with van der Waals surface area (Å²) < 4.78 is 36.6. The summed E-state index contributed by atoms with van der Waals surface area (Å²) in [4.78, 5) is 27.4. The van der Waals surface area contributed by atoms with E-state index in [9.17, 15) is 18.4 Å². The highest BCUT2D eigenvalue weighted by molar-refractivity contribution is 5.93. The van der Waals surface area contributed by atoms with Crippen LogP contribution in [0.1, 0.15) is 34.0 Å². The van der Waals surface area contributed by atoms with Crippen LogP contribution < -0.4 is 15.0 Å². The van der Waals surface area contributed by atoms with E-state index in [2.05, 4.69) is 4.74 Å². The molecule has 1 amide bonds. The molecule has 2 aromatic carbocycles. The fourth-order valence-electron chi connectivity index (χ4n) is 3.50. The number of halogens is 2. The summed E-state index contributed by atoms with van der Waals surface area (Å²) in [5, 5.41) is 0. The van der Waals surface area contributed by atoms with Crippen LogP contribution >= 0.6 is 0 Å². The molecule has 8 heteroatoms. The van der Waals surface area contributed by atoms with Gasteiger partial charge in [-0.15, -0.1) is 0 Å². The lowest BCUT2D eigenvalue weighted by molar-refractivity contribution is -0.0514. The van der Waals surface area contributed by atoms with E-state index in [-0.39, 0.29) is 35.8 Å². The van der Waals surface area contributed by atoms with Crippen molar-refractivity contribution in [1.82, 2.24) is 9.47 Å². The van der Waals surface area contributed by atoms with Crippen molar-refractivity contribution in [2.75, 3.05) is 13.7 Å². The third-order valence-electron chi connectivity index (χ3n) is 4.98. The summed E-state index contributed by atoms with van der Waals surface area (Å²) in [5.41, 5.74) is 2.36. The molecule has 0 saturated carbocycles. The lowest BCUT2D eigenvalue weighted by Gasteiger charge is -2.19. The third-order valence-corrected chi connectivity index (χ3v) is 4.98. The normalized spacial score (nSPS) is 10.8. The Labute approximate surface area is 191 Å². The molecule has 174 valence electrons. The molecule has 0 unspecified atom stereocenters. The van der Waals surface area contributed by atoms with Crippen molar-refractivity contribution in [2.24, 2.45) is 0 Å². The molecule has 0 aliphatic rings. The largest absolute Gasteiger partial charge is 0.490 e. The zero-order valence-corrected chi connectivity index (χ0v) is 18.8. The molecule has 0 bridgehead atoms. The molecule has 3 rings (SSSR count). The average Bonchev–Trinajstić information content (AvgIpc) is 2.76. The minimum absolute atomic E-state index is 0.0512. The van der Waals surface area contributed by atoms with E-state index in [1.807, 2.05) is 31.2 Å². The fourth-order valence-corrected chi connectivity index (χ4v) is 3.50. The second-order valence-corrected chi connectivity index (χ2v) is 7.60. The summed E-state index contributed by atoms with van der Waals surface area (Å²) in [6.07, 6.45) is 1.65. The van der Waals surface area contributed by atoms with Gasteiger partial charge in [0.2, 0.25) is 0 Å². The summed E-state index contributed by atoms with van der Waals surface area (Å²) in [6, 6.07) is 15.5. The first-order chi connectivity index (χ1) is 15.8. The van der Waals surface area contributed by atoms with Crippen molar-refractivity contribution in [3.63, 3.8) is 0 Å². The van der Waals surface area contributed by atoms with Gasteiger partial charge in [0.25, 0.3) is 11.5 Å². The van der Waals surface area contributed by atoms with Gasteiger partial charge in [-0.3, -0.25) is 9.59 Å². The quantitative estimate of drug-likeness (QED) is 0.477. The number of carbonyl (C=O) groups excluding carboxylic acids is 1. The second-order valence-electron chi connectivity index (χ2n) is 7.60. The van der Waals surface area contributed by atoms with E-state index >= 15 is 0 Å². The first-order valence-electron chi connectivity index (χ1n) is 10.5. The number of aromatic nitrogens is 1. The summed E-state index contributed by atoms with van der Waals surface area (Å²) >= 11 is 0. The van der Waals surface area contributed by atoms with Crippen molar-refractivity contribution in [2.45, 2.75) is 33.5 Å². The molecular weight excluding hydrogens is 430 g/mol. The van der Waals surface area contributed by atoms with Gasteiger partial charge in [0, 0.05) is 19.8 Å². The molecule has 0 aliphatic carbocycles. The Balaban J connectivity index is 1.79. The second kappa shape index (κ2) is 10.8. The van der Waals surface area contributed by atoms with Crippen LogP contribution in [0.25, 0.3) is 0 Å². The number of hydrogen-bond acceptors (Lipinski definition) is 4. The van der Waals surface area contributed by atoms with Gasteiger partial charge in [0.15, 0.2) is 11.5 Å². The fraction of sp³-hybridized carbons (Fsp3) is 0.280. The predicted octanol–water partition coefficient (Wildman–Crippen LogP) is 4.48. The summed E-state index contributed by atoms with van der Waals surface area (Å²) in [7, 11) is 1.57.